The van der Waals surface area contributed by atoms with E-state index in [0.717, 1.165) is 0 Å². The summed E-state index contributed by atoms with van der Waals surface area (Å²) in [4.78, 5) is 15.1. The molecule has 0 aromatic carbocycles. The number of nitrogens with zero attached hydrogens (tertiary/aromatic N) is 1. The van der Waals surface area contributed by atoms with E-state index in [-0.39, 0.29) is 0 Å². The molecule has 0 aromatic rings. The van der Waals surface area contributed by atoms with Gasteiger partial charge in [-0.2, -0.15) is 0 Å². The minimum absolute atomic E-state index is 0.361. The van der Waals surface area contributed by atoms with Crippen LogP contribution in [0.5, 0.6) is 0 Å². The highest BCUT2D eigenvalue weighted by molar-refractivity contribution is 4.81. The van der Waals surface area contributed by atoms with Crippen molar-refractivity contribution in [3.05, 3.63) is 17.1 Å². The second-order valence-electron chi connectivity index (χ2n) is 1.28. The molecular weight excluding hydrogens is 94.0 g/mol. The Labute approximate surface area is 41.1 Å². The molecule has 3 heteroatoms. The van der Waals surface area contributed by atoms with Crippen LogP contribution in [-0.2, 0) is 4.84 Å². The van der Waals surface area contributed by atoms with Crippen molar-refractivity contribution in [3.63, 3.8) is 0 Å². The first-order chi connectivity index (χ1) is 3.39. The van der Waals surface area contributed by atoms with E-state index < -0.39 is 0 Å². The Kier molecular flexibility index (Phi) is 1.06. The topological polar surface area (TPSA) is 29.3 Å². The van der Waals surface area contributed by atoms with Gasteiger partial charge in [-0.15, -0.1) is 0 Å². The molecule has 0 aliphatic carbocycles. The van der Waals surface area contributed by atoms with Crippen LogP contribution in [0.25, 0.3) is 0 Å². The summed E-state index contributed by atoms with van der Waals surface area (Å²) in [6.07, 6.45) is 3.59. The summed E-state index contributed by atoms with van der Waals surface area (Å²) < 4.78 is 0. The number of hydrogen-bond acceptors (Lipinski definition) is 2. The summed E-state index contributed by atoms with van der Waals surface area (Å²) in [5, 5.41) is 0. The van der Waals surface area contributed by atoms with E-state index in [1.807, 2.05) is 6.08 Å². The van der Waals surface area contributed by atoms with E-state index in [1.165, 1.54) is 0 Å². The Hall–Kier alpha value is -0.860. The van der Waals surface area contributed by atoms with Gasteiger partial charge < -0.3 is 0 Å². The highest BCUT2D eigenvalue weighted by Gasteiger charge is 2.08. The van der Waals surface area contributed by atoms with Crippen LogP contribution in [0.4, 0.5) is 0 Å². The Morgan fingerprint density at radius 3 is 2.71 bits per heavy atom. The molecule has 0 unspecified atom stereocenters. The van der Waals surface area contributed by atoms with Gasteiger partial charge in [-0.3, -0.25) is 0 Å². The molecule has 1 heterocycles. The Balaban J connectivity index is 2.47. The minimum atomic E-state index is 0.361. The highest BCUT2D eigenvalue weighted by atomic mass is 16.8. The summed E-state index contributed by atoms with van der Waals surface area (Å²) in [7, 11) is 0. The van der Waals surface area contributed by atoms with Crippen LogP contribution in [0, 0.1) is 4.91 Å². The zero-order valence-corrected chi connectivity index (χ0v) is 3.83. The standard InChI is InChI=1S/C4H6NO2/c6-5-3-1-2-4-7-5/h1-2H,3-4H2/q+1. The summed E-state index contributed by atoms with van der Waals surface area (Å²) >= 11 is 0. The zero-order valence-electron chi connectivity index (χ0n) is 3.83. The predicted octanol–water partition coefficient (Wildman–Crippen LogP) is 0.267. The van der Waals surface area contributed by atoms with E-state index in [4.69, 9.17) is 0 Å². The maximum atomic E-state index is 10.1. The molecule has 0 radical (unpaired) electrons. The third-order valence-electron chi connectivity index (χ3n) is 0.736. The van der Waals surface area contributed by atoms with Crippen molar-refractivity contribution >= 4 is 0 Å². The molecular formula is C4H6NO2+. The summed E-state index contributed by atoms with van der Waals surface area (Å²) in [6.45, 7) is 0.781. The Bertz CT molecular complexity index is 108. The van der Waals surface area contributed by atoms with Gasteiger partial charge >= 0.3 is 0 Å². The molecule has 1 aliphatic rings. The van der Waals surface area contributed by atoms with Crippen LogP contribution in [-0.4, -0.2) is 18.1 Å². The molecule has 0 fully saturated rings. The van der Waals surface area contributed by atoms with Crippen LogP contribution in [0.2, 0.25) is 0 Å². The molecule has 0 aromatic heterocycles. The second kappa shape index (κ2) is 1.73. The largest absolute Gasteiger partial charge is 0.266 e. The molecule has 1 rings (SSSR count). The van der Waals surface area contributed by atoms with E-state index in [0.29, 0.717) is 18.1 Å². The van der Waals surface area contributed by atoms with E-state index >= 15 is 0 Å². The van der Waals surface area contributed by atoms with Gasteiger partial charge in [-0.05, 0) is 12.2 Å². The molecule has 1 aliphatic heterocycles. The molecule has 3 nitrogen and oxygen atoms in total. The highest BCUT2D eigenvalue weighted by Crippen LogP contribution is 1.87. The molecule has 0 bridgehead atoms. The van der Waals surface area contributed by atoms with Gasteiger partial charge in [0.1, 0.15) is 0 Å². The monoisotopic (exact) mass is 100 g/mol. The molecule has 0 amide bonds. The van der Waals surface area contributed by atoms with Gasteiger partial charge in [0.25, 0.3) is 6.54 Å². The molecule has 0 saturated heterocycles. The Morgan fingerprint density at radius 1 is 1.57 bits per heavy atom. The molecule has 7 heavy (non-hydrogen) atoms. The molecule has 38 valence electrons. The first kappa shape index (κ1) is 4.30. The maximum absolute atomic E-state index is 10.1. The van der Waals surface area contributed by atoms with E-state index in [1.54, 1.807) is 6.08 Å². The van der Waals surface area contributed by atoms with Crippen LogP contribution >= 0.6 is 0 Å². The van der Waals surface area contributed by atoms with E-state index in [9.17, 15) is 4.91 Å². The molecule has 0 saturated carbocycles. The lowest BCUT2D eigenvalue weighted by Crippen LogP contribution is -2.12. The van der Waals surface area contributed by atoms with Crippen molar-refractivity contribution in [1.29, 1.82) is 0 Å². The smallest absolute Gasteiger partial charge is 0.228 e. The summed E-state index contributed by atoms with van der Waals surface area (Å²) in [5.74, 6) is 0. The first-order valence-corrected chi connectivity index (χ1v) is 2.12. The van der Waals surface area contributed by atoms with Crippen LogP contribution < -0.4 is 0 Å². The molecule has 0 spiro atoms. The summed E-state index contributed by atoms with van der Waals surface area (Å²) in [6, 6.07) is 0. The molecule has 0 N–H and O–H groups in total. The zero-order chi connectivity index (χ0) is 5.11. The second-order valence-corrected chi connectivity index (χ2v) is 1.28. The predicted molar refractivity (Wildman–Crippen MR) is 23.6 cm³/mol. The Morgan fingerprint density at radius 2 is 2.43 bits per heavy atom. The fraction of sp³-hybridized carbons (Fsp3) is 0.500. The van der Waals surface area contributed by atoms with Crippen molar-refractivity contribution in [1.82, 2.24) is 0 Å². The lowest BCUT2D eigenvalue weighted by Gasteiger charge is -1.91. The van der Waals surface area contributed by atoms with Crippen LogP contribution in [0.3, 0.4) is 0 Å². The fourth-order valence-corrected chi connectivity index (χ4v) is 0.408. The van der Waals surface area contributed by atoms with Crippen molar-refractivity contribution in [2.45, 2.75) is 0 Å². The van der Waals surface area contributed by atoms with Gasteiger partial charge in [-0.1, -0.05) is 0 Å². The van der Waals surface area contributed by atoms with Gasteiger partial charge in [0.2, 0.25) is 4.92 Å². The quantitative estimate of drug-likeness (QED) is 0.409. The normalized spacial score (nSPS) is 19.1. The maximum Gasteiger partial charge on any atom is 0.266 e. The average Bonchev–Trinajstić information content (AvgIpc) is 1.69. The lowest BCUT2D eigenvalue weighted by atomic mass is 10.5. The van der Waals surface area contributed by atoms with Crippen molar-refractivity contribution in [2.24, 2.45) is 0 Å². The fourth-order valence-electron chi connectivity index (χ4n) is 0.408. The third-order valence-corrected chi connectivity index (χ3v) is 0.736. The van der Waals surface area contributed by atoms with Crippen LogP contribution in [0.15, 0.2) is 12.2 Å². The van der Waals surface area contributed by atoms with Gasteiger partial charge in [0.05, 0.1) is 4.91 Å². The summed E-state index contributed by atoms with van der Waals surface area (Å²) in [5.41, 5.74) is 0. The third kappa shape index (κ3) is 0.994. The van der Waals surface area contributed by atoms with Gasteiger partial charge in [0, 0.05) is 0 Å². The van der Waals surface area contributed by atoms with Crippen molar-refractivity contribution < 1.29 is 9.76 Å². The number of rotatable bonds is 0. The number of hydrogen-bond donors (Lipinski definition) is 0. The van der Waals surface area contributed by atoms with Crippen LogP contribution in [0.1, 0.15) is 0 Å². The van der Waals surface area contributed by atoms with Gasteiger partial charge in [0.15, 0.2) is 6.61 Å². The lowest BCUT2D eigenvalue weighted by molar-refractivity contribution is -0.798. The first-order valence-electron chi connectivity index (χ1n) is 2.12. The minimum Gasteiger partial charge on any atom is -0.228 e. The SMILES string of the molecule is O=[N+]1CC=CCO1. The van der Waals surface area contributed by atoms with Crippen molar-refractivity contribution in [2.75, 3.05) is 13.2 Å². The average molecular weight is 100 g/mol. The molecule has 0 atom stereocenters. The van der Waals surface area contributed by atoms with Gasteiger partial charge in [-0.25, -0.2) is 4.84 Å². The van der Waals surface area contributed by atoms with Crippen molar-refractivity contribution in [3.8, 4) is 0 Å². The van der Waals surface area contributed by atoms with E-state index in [2.05, 4.69) is 4.84 Å².